The molecule has 4 heterocycles. The van der Waals surface area contributed by atoms with Gasteiger partial charge in [-0.25, -0.2) is 9.97 Å². The van der Waals surface area contributed by atoms with Crippen molar-refractivity contribution in [1.82, 2.24) is 20.2 Å². The number of aryl methyl sites for hydroxylation is 1. The van der Waals surface area contributed by atoms with Crippen molar-refractivity contribution in [3.63, 3.8) is 0 Å². The number of carbonyl (C=O) groups excluding carboxylic acids is 1. The van der Waals surface area contributed by atoms with Gasteiger partial charge in [0.25, 0.3) is 0 Å². The molecule has 1 N–H and O–H groups in total. The minimum atomic E-state index is -0.139. The molecule has 158 valence electrons. The number of fused-ring (bicyclic) bond motifs is 1. The molecule has 1 atom stereocenters. The van der Waals surface area contributed by atoms with Crippen LogP contribution in [0, 0.1) is 6.92 Å². The zero-order valence-corrected chi connectivity index (χ0v) is 19.1. The molecule has 7 nitrogen and oxygen atoms in total. The smallest absolute Gasteiger partial charge is 0.236 e. The molecule has 5 rings (SSSR count). The van der Waals surface area contributed by atoms with Gasteiger partial charge in [-0.15, -0.1) is 21.5 Å². The lowest BCUT2D eigenvalue weighted by atomic mass is 10.0. The fourth-order valence-electron chi connectivity index (χ4n) is 3.56. The standard InChI is InChI=1S/C21H19N5O2S3/c1-12-16(13-6-3-2-4-7-13)17-19(22-11-23-20(17)30-12)29-10-15(27)24-21-26-25-18(31-21)14-8-5-9-28-14/h2-4,6-7,11,14H,5,8-10H2,1H3,(H,24,26,27). The van der Waals surface area contributed by atoms with Crippen LogP contribution in [0.25, 0.3) is 21.3 Å². The van der Waals surface area contributed by atoms with E-state index in [-0.39, 0.29) is 17.8 Å². The predicted molar refractivity (Wildman–Crippen MR) is 125 cm³/mol. The number of anilines is 1. The second-order valence-corrected chi connectivity index (χ2v) is 10.2. The Hall–Kier alpha value is -2.40. The van der Waals surface area contributed by atoms with Crippen LogP contribution in [0.2, 0.25) is 0 Å². The van der Waals surface area contributed by atoms with Crippen LogP contribution in [0.15, 0.2) is 41.7 Å². The first kappa shape index (κ1) is 20.5. The van der Waals surface area contributed by atoms with Gasteiger partial charge in [0, 0.05) is 17.0 Å². The molecule has 31 heavy (non-hydrogen) atoms. The molecule has 3 aromatic heterocycles. The van der Waals surface area contributed by atoms with E-state index in [1.165, 1.54) is 28.0 Å². The summed E-state index contributed by atoms with van der Waals surface area (Å²) in [5.41, 5.74) is 2.26. The SMILES string of the molecule is Cc1sc2ncnc(SCC(=O)Nc3nnc(C4CCCO4)s3)c2c1-c1ccccc1. The number of amides is 1. The Kier molecular flexibility index (Phi) is 5.95. The molecule has 0 spiro atoms. The summed E-state index contributed by atoms with van der Waals surface area (Å²) in [6.45, 7) is 2.85. The van der Waals surface area contributed by atoms with E-state index in [4.69, 9.17) is 4.74 Å². The first-order chi connectivity index (χ1) is 15.2. The Morgan fingerprint density at radius 1 is 1.23 bits per heavy atom. The van der Waals surface area contributed by atoms with Crippen LogP contribution in [0.1, 0.15) is 28.8 Å². The molecular formula is C21H19N5O2S3. The number of aromatic nitrogens is 4. The Morgan fingerprint density at radius 2 is 2.10 bits per heavy atom. The summed E-state index contributed by atoms with van der Waals surface area (Å²) in [7, 11) is 0. The third kappa shape index (κ3) is 4.33. The first-order valence-electron chi connectivity index (χ1n) is 9.86. The van der Waals surface area contributed by atoms with Gasteiger partial charge in [-0.1, -0.05) is 53.4 Å². The summed E-state index contributed by atoms with van der Waals surface area (Å²) in [6, 6.07) is 10.2. The molecule has 1 aromatic carbocycles. The highest BCUT2D eigenvalue weighted by Crippen LogP contribution is 2.41. The van der Waals surface area contributed by atoms with Gasteiger partial charge >= 0.3 is 0 Å². The summed E-state index contributed by atoms with van der Waals surface area (Å²) >= 11 is 4.43. The number of hydrogen-bond acceptors (Lipinski definition) is 9. The van der Waals surface area contributed by atoms with E-state index in [0.29, 0.717) is 5.13 Å². The highest BCUT2D eigenvalue weighted by Gasteiger charge is 2.23. The average Bonchev–Trinajstić information content (AvgIpc) is 3.52. The van der Waals surface area contributed by atoms with Crippen molar-refractivity contribution in [2.45, 2.75) is 30.9 Å². The monoisotopic (exact) mass is 469 g/mol. The third-order valence-electron chi connectivity index (χ3n) is 4.92. The minimum absolute atomic E-state index is 0.00469. The van der Waals surface area contributed by atoms with Crippen molar-refractivity contribution < 1.29 is 9.53 Å². The molecule has 0 aliphatic carbocycles. The third-order valence-corrected chi connectivity index (χ3v) is 7.86. The molecule has 1 aliphatic heterocycles. The second kappa shape index (κ2) is 8.99. The van der Waals surface area contributed by atoms with E-state index < -0.39 is 0 Å². The highest BCUT2D eigenvalue weighted by atomic mass is 32.2. The van der Waals surface area contributed by atoms with Crippen LogP contribution >= 0.6 is 34.4 Å². The quantitative estimate of drug-likeness (QED) is 0.310. The molecule has 1 saturated heterocycles. The van der Waals surface area contributed by atoms with Crippen molar-refractivity contribution in [3.8, 4) is 11.1 Å². The minimum Gasteiger partial charge on any atom is -0.371 e. The molecule has 1 amide bonds. The molecule has 1 unspecified atom stereocenters. The fourth-order valence-corrected chi connectivity index (χ4v) is 6.28. The largest absolute Gasteiger partial charge is 0.371 e. The fraction of sp³-hybridized carbons (Fsp3) is 0.286. The van der Waals surface area contributed by atoms with Crippen LogP contribution in [0.4, 0.5) is 5.13 Å². The maximum absolute atomic E-state index is 12.5. The van der Waals surface area contributed by atoms with Gasteiger partial charge in [0.05, 0.1) is 11.1 Å². The first-order valence-corrected chi connectivity index (χ1v) is 12.5. The Labute approximate surface area is 191 Å². The van der Waals surface area contributed by atoms with Crippen molar-refractivity contribution >= 4 is 55.7 Å². The summed E-state index contributed by atoms with van der Waals surface area (Å²) in [4.78, 5) is 23.6. The van der Waals surface area contributed by atoms with Gasteiger partial charge in [0.1, 0.15) is 27.3 Å². The second-order valence-electron chi connectivity index (χ2n) is 7.04. The average molecular weight is 470 g/mol. The summed E-state index contributed by atoms with van der Waals surface area (Å²) in [6.07, 6.45) is 3.55. The normalized spacial score (nSPS) is 16.1. The van der Waals surface area contributed by atoms with Crippen molar-refractivity contribution in [2.75, 3.05) is 17.7 Å². The number of nitrogens with zero attached hydrogens (tertiary/aromatic N) is 4. The van der Waals surface area contributed by atoms with Crippen molar-refractivity contribution in [1.29, 1.82) is 0 Å². The van der Waals surface area contributed by atoms with Crippen LogP contribution in [0.5, 0.6) is 0 Å². The zero-order valence-electron chi connectivity index (χ0n) is 16.7. The maximum atomic E-state index is 12.5. The molecule has 1 fully saturated rings. The van der Waals surface area contributed by atoms with Gasteiger partial charge in [0.2, 0.25) is 11.0 Å². The molecule has 1 aliphatic rings. The van der Waals surface area contributed by atoms with Gasteiger partial charge in [-0.2, -0.15) is 0 Å². The zero-order chi connectivity index (χ0) is 21.2. The summed E-state index contributed by atoms with van der Waals surface area (Å²) < 4.78 is 5.63. The number of nitrogens with one attached hydrogen (secondary N) is 1. The number of thiophene rings is 1. The summed E-state index contributed by atoms with van der Waals surface area (Å²) in [5, 5.41) is 14.2. The number of carbonyl (C=O) groups is 1. The van der Waals surface area contributed by atoms with Gasteiger partial charge in [-0.3, -0.25) is 10.1 Å². The van der Waals surface area contributed by atoms with E-state index >= 15 is 0 Å². The van der Waals surface area contributed by atoms with Crippen LogP contribution in [0.3, 0.4) is 0 Å². The highest BCUT2D eigenvalue weighted by molar-refractivity contribution is 8.00. The Balaban J connectivity index is 1.32. The van der Waals surface area contributed by atoms with Crippen LogP contribution < -0.4 is 5.32 Å². The number of hydrogen-bond donors (Lipinski definition) is 1. The Bertz CT molecular complexity index is 1220. The molecule has 0 bridgehead atoms. The lowest BCUT2D eigenvalue weighted by Crippen LogP contribution is -2.14. The van der Waals surface area contributed by atoms with Gasteiger partial charge in [-0.05, 0) is 25.3 Å². The lowest BCUT2D eigenvalue weighted by Gasteiger charge is -2.06. The van der Waals surface area contributed by atoms with E-state index in [9.17, 15) is 4.79 Å². The van der Waals surface area contributed by atoms with Crippen molar-refractivity contribution in [2.24, 2.45) is 0 Å². The van der Waals surface area contributed by atoms with E-state index in [1.54, 1.807) is 17.7 Å². The van der Waals surface area contributed by atoms with Gasteiger partial charge < -0.3 is 4.74 Å². The summed E-state index contributed by atoms with van der Waals surface area (Å²) in [5.74, 6) is 0.0874. The van der Waals surface area contributed by atoms with Crippen LogP contribution in [-0.2, 0) is 9.53 Å². The van der Waals surface area contributed by atoms with E-state index in [0.717, 1.165) is 50.8 Å². The maximum Gasteiger partial charge on any atom is 0.236 e. The van der Waals surface area contributed by atoms with E-state index in [1.807, 2.05) is 18.2 Å². The molecular weight excluding hydrogens is 450 g/mol. The topological polar surface area (TPSA) is 89.9 Å². The molecule has 0 saturated carbocycles. The number of rotatable bonds is 6. The number of thioether (sulfide) groups is 1. The van der Waals surface area contributed by atoms with Crippen LogP contribution in [-0.4, -0.2) is 38.4 Å². The van der Waals surface area contributed by atoms with Gasteiger partial charge in [0.15, 0.2) is 0 Å². The number of benzene rings is 1. The Morgan fingerprint density at radius 3 is 2.90 bits per heavy atom. The molecule has 4 aromatic rings. The lowest BCUT2D eigenvalue weighted by molar-refractivity contribution is -0.113. The number of ether oxygens (including phenoxy) is 1. The van der Waals surface area contributed by atoms with E-state index in [2.05, 4.69) is 44.5 Å². The molecule has 10 heteroatoms. The molecule has 0 radical (unpaired) electrons. The van der Waals surface area contributed by atoms with Crippen molar-refractivity contribution in [3.05, 3.63) is 46.5 Å². The predicted octanol–water partition coefficient (Wildman–Crippen LogP) is 5.10.